The van der Waals surface area contributed by atoms with Crippen molar-refractivity contribution in [2.24, 2.45) is 5.41 Å². The number of carbonyl (C=O) groups is 2. The maximum absolute atomic E-state index is 12.2. The molecule has 1 aliphatic rings. The standard InChI is InChI=1S/C16H18N2O3S/c1-11-8-12(22-10-17)4-5-13(11)18-14(19)9-16(15(20)21)6-2-3-7-16/h4-5,8H,2-3,6-7,9H2,1H3,(H,18,19)(H,20,21). The monoisotopic (exact) mass is 318 g/mol. The average molecular weight is 318 g/mol. The maximum Gasteiger partial charge on any atom is 0.310 e. The van der Waals surface area contributed by atoms with E-state index in [2.05, 4.69) is 5.32 Å². The largest absolute Gasteiger partial charge is 0.481 e. The van der Waals surface area contributed by atoms with Gasteiger partial charge < -0.3 is 10.4 Å². The number of hydrogen-bond acceptors (Lipinski definition) is 4. The molecule has 22 heavy (non-hydrogen) atoms. The minimum atomic E-state index is -0.908. The summed E-state index contributed by atoms with van der Waals surface area (Å²) in [5, 5.41) is 22.9. The Morgan fingerprint density at radius 3 is 2.64 bits per heavy atom. The van der Waals surface area contributed by atoms with Gasteiger partial charge in [-0.2, -0.15) is 5.26 Å². The van der Waals surface area contributed by atoms with Gasteiger partial charge in [-0.15, -0.1) is 0 Å². The van der Waals surface area contributed by atoms with Gasteiger partial charge in [0, 0.05) is 17.0 Å². The van der Waals surface area contributed by atoms with E-state index in [9.17, 15) is 14.7 Å². The molecule has 0 aromatic heterocycles. The second kappa shape index (κ2) is 6.84. The van der Waals surface area contributed by atoms with E-state index in [-0.39, 0.29) is 12.3 Å². The highest BCUT2D eigenvalue weighted by molar-refractivity contribution is 8.03. The van der Waals surface area contributed by atoms with Gasteiger partial charge >= 0.3 is 5.97 Å². The summed E-state index contributed by atoms with van der Waals surface area (Å²) in [6.07, 6.45) is 2.85. The van der Waals surface area contributed by atoms with Crippen LogP contribution in [0.2, 0.25) is 0 Å². The number of carboxylic acid groups (broad SMARTS) is 1. The first kappa shape index (κ1) is 16.4. The van der Waals surface area contributed by atoms with Crippen molar-refractivity contribution in [1.82, 2.24) is 0 Å². The van der Waals surface area contributed by atoms with Gasteiger partial charge in [-0.1, -0.05) is 12.8 Å². The topological polar surface area (TPSA) is 90.2 Å². The van der Waals surface area contributed by atoms with Crippen LogP contribution in [-0.2, 0) is 9.59 Å². The molecule has 0 radical (unpaired) electrons. The fourth-order valence-corrected chi connectivity index (χ4v) is 3.39. The number of anilines is 1. The third kappa shape index (κ3) is 3.60. The fourth-order valence-electron chi connectivity index (χ4n) is 2.91. The van der Waals surface area contributed by atoms with Crippen LogP contribution >= 0.6 is 11.8 Å². The zero-order valence-corrected chi connectivity index (χ0v) is 13.2. The van der Waals surface area contributed by atoms with E-state index in [1.807, 2.05) is 18.4 Å². The molecular weight excluding hydrogens is 300 g/mol. The summed E-state index contributed by atoms with van der Waals surface area (Å²) >= 11 is 1.06. The first-order chi connectivity index (χ1) is 10.5. The minimum Gasteiger partial charge on any atom is -0.481 e. The van der Waals surface area contributed by atoms with Gasteiger partial charge in [0.25, 0.3) is 0 Å². The van der Waals surface area contributed by atoms with Crippen molar-refractivity contribution in [3.8, 4) is 5.40 Å². The number of nitrogens with one attached hydrogen (secondary N) is 1. The molecule has 2 rings (SSSR count). The number of benzene rings is 1. The van der Waals surface area contributed by atoms with E-state index in [0.717, 1.165) is 35.1 Å². The number of thiocyanates is 1. The number of carboxylic acids is 1. The molecule has 6 heteroatoms. The number of hydrogen-bond donors (Lipinski definition) is 2. The molecule has 1 saturated carbocycles. The number of aryl methyl sites for hydroxylation is 1. The van der Waals surface area contributed by atoms with Crippen LogP contribution in [-0.4, -0.2) is 17.0 Å². The predicted octanol–water partition coefficient (Wildman–Crippen LogP) is 3.54. The number of amides is 1. The molecule has 0 heterocycles. The summed E-state index contributed by atoms with van der Waals surface area (Å²) in [4.78, 5) is 24.5. The van der Waals surface area contributed by atoms with Crippen molar-refractivity contribution < 1.29 is 14.7 Å². The number of aliphatic carboxylic acids is 1. The molecule has 1 aliphatic carbocycles. The molecule has 0 unspecified atom stereocenters. The molecule has 0 spiro atoms. The third-order valence-corrected chi connectivity index (χ3v) is 4.73. The summed E-state index contributed by atoms with van der Waals surface area (Å²) in [6.45, 7) is 1.85. The number of carbonyl (C=O) groups excluding carboxylic acids is 1. The Labute approximate surface area is 133 Å². The molecule has 116 valence electrons. The predicted molar refractivity (Wildman–Crippen MR) is 84.4 cm³/mol. The second-order valence-electron chi connectivity index (χ2n) is 5.69. The molecule has 0 saturated heterocycles. The van der Waals surface area contributed by atoms with Crippen LogP contribution in [0.3, 0.4) is 0 Å². The molecule has 0 bridgehead atoms. The molecular formula is C16H18N2O3S. The molecule has 5 nitrogen and oxygen atoms in total. The van der Waals surface area contributed by atoms with Crippen molar-refractivity contribution in [2.45, 2.75) is 43.9 Å². The lowest BCUT2D eigenvalue weighted by Gasteiger charge is -2.23. The summed E-state index contributed by atoms with van der Waals surface area (Å²) in [5.74, 6) is -1.15. The van der Waals surface area contributed by atoms with Crippen LogP contribution in [0.15, 0.2) is 23.1 Å². The lowest BCUT2D eigenvalue weighted by molar-refractivity contribution is -0.150. The van der Waals surface area contributed by atoms with Crippen LogP contribution in [0, 0.1) is 23.0 Å². The van der Waals surface area contributed by atoms with E-state index in [4.69, 9.17) is 5.26 Å². The van der Waals surface area contributed by atoms with Crippen molar-refractivity contribution in [3.63, 3.8) is 0 Å². The third-order valence-electron chi connectivity index (χ3n) is 4.15. The number of nitrogens with zero attached hydrogens (tertiary/aromatic N) is 1. The van der Waals surface area contributed by atoms with Crippen LogP contribution in [0.5, 0.6) is 0 Å². The Bertz CT molecular complexity index is 631. The van der Waals surface area contributed by atoms with Crippen molar-refractivity contribution in [3.05, 3.63) is 23.8 Å². The molecule has 1 aromatic carbocycles. The number of rotatable bonds is 5. The van der Waals surface area contributed by atoms with Gasteiger partial charge in [-0.25, -0.2) is 0 Å². The van der Waals surface area contributed by atoms with Gasteiger partial charge in [0.1, 0.15) is 5.40 Å². The first-order valence-electron chi connectivity index (χ1n) is 7.17. The Balaban J connectivity index is 2.06. The quantitative estimate of drug-likeness (QED) is 0.640. The summed E-state index contributed by atoms with van der Waals surface area (Å²) < 4.78 is 0. The lowest BCUT2D eigenvalue weighted by atomic mass is 9.82. The van der Waals surface area contributed by atoms with Crippen LogP contribution in [0.4, 0.5) is 5.69 Å². The van der Waals surface area contributed by atoms with E-state index < -0.39 is 11.4 Å². The smallest absolute Gasteiger partial charge is 0.310 e. The molecule has 2 N–H and O–H groups in total. The van der Waals surface area contributed by atoms with Crippen molar-refractivity contribution in [1.29, 1.82) is 5.26 Å². The Kier molecular flexibility index (Phi) is 5.09. The average Bonchev–Trinajstić information content (AvgIpc) is 2.92. The molecule has 1 aromatic rings. The van der Waals surface area contributed by atoms with Gasteiger partial charge in [0.15, 0.2) is 0 Å². The summed E-state index contributed by atoms with van der Waals surface area (Å²) in [7, 11) is 0. The lowest BCUT2D eigenvalue weighted by Crippen LogP contribution is -2.32. The zero-order chi connectivity index (χ0) is 16.2. The Morgan fingerprint density at radius 2 is 2.09 bits per heavy atom. The van der Waals surface area contributed by atoms with Gasteiger partial charge in [-0.05, 0) is 55.3 Å². The number of thioether (sulfide) groups is 1. The highest BCUT2D eigenvalue weighted by Gasteiger charge is 2.42. The highest BCUT2D eigenvalue weighted by atomic mass is 32.2. The fraction of sp³-hybridized carbons (Fsp3) is 0.438. The van der Waals surface area contributed by atoms with Crippen molar-refractivity contribution >= 4 is 29.3 Å². The maximum atomic E-state index is 12.2. The van der Waals surface area contributed by atoms with Gasteiger partial charge in [-0.3, -0.25) is 9.59 Å². The highest BCUT2D eigenvalue weighted by Crippen LogP contribution is 2.41. The van der Waals surface area contributed by atoms with Crippen LogP contribution < -0.4 is 5.32 Å². The summed E-state index contributed by atoms with van der Waals surface area (Å²) in [6, 6.07) is 5.33. The Morgan fingerprint density at radius 1 is 1.41 bits per heavy atom. The first-order valence-corrected chi connectivity index (χ1v) is 7.98. The molecule has 1 amide bonds. The van der Waals surface area contributed by atoms with Gasteiger partial charge in [0.2, 0.25) is 5.91 Å². The zero-order valence-electron chi connectivity index (χ0n) is 12.4. The van der Waals surface area contributed by atoms with Crippen LogP contribution in [0.1, 0.15) is 37.7 Å². The van der Waals surface area contributed by atoms with E-state index >= 15 is 0 Å². The van der Waals surface area contributed by atoms with E-state index in [1.165, 1.54) is 0 Å². The summed E-state index contributed by atoms with van der Waals surface area (Å²) in [5.41, 5.74) is 0.601. The number of nitriles is 1. The second-order valence-corrected chi connectivity index (χ2v) is 6.55. The van der Waals surface area contributed by atoms with Crippen LogP contribution in [0.25, 0.3) is 0 Å². The molecule has 1 fully saturated rings. The van der Waals surface area contributed by atoms with Gasteiger partial charge in [0.05, 0.1) is 5.41 Å². The SMILES string of the molecule is Cc1cc(SC#N)ccc1NC(=O)CC1(C(=O)O)CCCC1. The minimum absolute atomic E-state index is 0.0104. The molecule has 0 atom stereocenters. The van der Waals surface area contributed by atoms with Crippen molar-refractivity contribution in [2.75, 3.05) is 5.32 Å². The van der Waals surface area contributed by atoms with E-state index in [1.54, 1.807) is 12.1 Å². The normalized spacial score (nSPS) is 16.0. The molecule has 0 aliphatic heterocycles. The van der Waals surface area contributed by atoms with E-state index in [0.29, 0.717) is 18.5 Å². The Hall–Kier alpha value is -2.00.